The Kier molecular flexibility index (Phi) is 6.12. The van der Waals surface area contributed by atoms with Gasteiger partial charge in [-0.05, 0) is 11.5 Å². The summed E-state index contributed by atoms with van der Waals surface area (Å²) in [5.74, 6) is -0.912. The van der Waals surface area contributed by atoms with Crippen LogP contribution in [-0.4, -0.2) is 30.2 Å². The maximum atomic E-state index is 12.3. The molecule has 0 aliphatic rings. The van der Waals surface area contributed by atoms with Crippen LogP contribution in [0, 0.1) is 5.92 Å². The number of methoxy groups -OCH3 is 1. The Morgan fingerprint density at radius 2 is 2.00 bits per heavy atom. The second kappa shape index (κ2) is 8.29. The van der Waals surface area contributed by atoms with Gasteiger partial charge in [0.2, 0.25) is 5.76 Å². The predicted octanol–water partition coefficient (Wildman–Crippen LogP) is 2.58. The first-order chi connectivity index (χ1) is 11.5. The molecule has 1 N–H and O–H groups in total. The number of amides is 1. The van der Waals surface area contributed by atoms with Crippen molar-refractivity contribution in [3.63, 3.8) is 0 Å². The topological polar surface area (TPSA) is 81.4 Å². The van der Waals surface area contributed by atoms with Gasteiger partial charge >= 0.3 is 5.97 Å². The molecule has 24 heavy (non-hydrogen) atoms. The summed E-state index contributed by atoms with van der Waals surface area (Å²) in [4.78, 5) is 24.2. The van der Waals surface area contributed by atoms with Crippen molar-refractivity contribution in [2.75, 3.05) is 7.11 Å². The van der Waals surface area contributed by atoms with E-state index in [1.54, 1.807) is 6.07 Å². The van der Waals surface area contributed by atoms with Crippen LogP contribution in [0.15, 0.2) is 40.9 Å². The summed E-state index contributed by atoms with van der Waals surface area (Å²) < 4.78 is 9.87. The van der Waals surface area contributed by atoms with E-state index < -0.39 is 17.9 Å². The maximum Gasteiger partial charge on any atom is 0.328 e. The van der Waals surface area contributed by atoms with Crippen LogP contribution in [0.25, 0.3) is 0 Å². The largest absolute Gasteiger partial charge is 0.467 e. The molecule has 1 aromatic carbocycles. The lowest BCUT2D eigenvalue weighted by Crippen LogP contribution is -2.45. The van der Waals surface area contributed by atoms with Crippen molar-refractivity contribution >= 4 is 11.9 Å². The van der Waals surface area contributed by atoms with Gasteiger partial charge in [-0.25, -0.2) is 4.79 Å². The number of benzene rings is 1. The molecule has 2 aromatic rings. The summed E-state index contributed by atoms with van der Waals surface area (Å²) in [5, 5.41) is 6.58. The molecule has 1 amide bonds. The molecular formula is C18H22N2O4. The zero-order chi connectivity index (χ0) is 17.5. The first-order valence-corrected chi connectivity index (χ1v) is 7.93. The molecule has 0 saturated heterocycles. The number of nitrogens with zero attached hydrogens (tertiary/aromatic N) is 1. The summed E-state index contributed by atoms with van der Waals surface area (Å²) in [5.41, 5.74) is 1.73. The third-order valence-electron chi connectivity index (χ3n) is 3.97. The minimum Gasteiger partial charge on any atom is -0.467 e. The van der Waals surface area contributed by atoms with Crippen LogP contribution in [0.2, 0.25) is 0 Å². The standard InChI is InChI=1S/C18H22N2O4/c1-4-12(2)16(18(22)23-3)19-17(21)15-11-14(20-24-15)10-13-8-6-5-7-9-13/h5-9,11-12,16H,4,10H2,1-3H3,(H,19,21)/t12-,16-/m0/s1. The second-order valence-electron chi connectivity index (χ2n) is 5.70. The minimum atomic E-state index is -0.713. The molecule has 0 aliphatic heterocycles. The van der Waals surface area contributed by atoms with Crippen LogP contribution >= 0.6 is 0 Å². The highest BCUT2D eigenvalue weighted by atomic mass is 16.5. The number of carbonyl (C=O) groups excluding carboxylic acids is 2. The first kappa shape index (κ1) is 17.7. The third-order valence-corrected chi connectivity index (χ3v) is 3.97. The Balaban J connectivity index is 2.05. The Hall–Kier alpha value is -2.63. The predicted molar refractivity (Wildman–Crippen MR) is 88.5 cm³/mol. The maximum absolute atomic E-state index is 12.3. The first-order valence-electron chi connectivity index (χ1n) is 7.93. The normalized spacial score (nSPS) is 13.1. The number of esters is 1. The Morgan fingerprint density at radius 1 is 1.29 bits per heavy atom. The van der Waals surface area contributed by atoms with Crippen LogP contribution in [0.4, 0.5) is 0 Å². The van der Waals surface area contributed by atoms with E-state index in [-0.39, 0.29) is 11.7 Å². The van der Waals surface area contributed by atoms with E-state index in [0.717, 1.165) is 12.0 Å². The zero-order valence-corrected chi connectivity index (χ0v) is 14.1. The van der Waals surface area contributed by atoms with Crippen molar-refractivity contribution < 1.29 is 18.8 Å². The molecule has 6 nitrogen and oxygen atoms in total. The molecule has 0 fully saturated rings. The summed E-state index contributed by atoms with van der Waals surface area (Å²) in [6.07, 6.45) is 1.30. The van der Waals surface area contributed by atoms with E-state index in [0.29, 0.717) is 12.1 Å². The van der Waals surface area contributed by atoms with Crippen LogP contribution in [0.3, 0.4) is 0 Å². The van der Waals surface area contributed by atoms with E-state index >= 15 is 0 Å². The van der Waals surface area contributed by atoms with Gasteiger partial charge in [-0.1, -0.05) is 55.8 Å². The van der Waals surface area contributed by atoms with Gasteiger partial charge in [0.25, 0.3) is 5.91 Å². The highest BCUT2D eigenvalue weighted by Crippen LogP contribution is 2.13. The van der Waals surface area contributed by atoms with Crippen molar-refractivity contribution in [3.8, 4) is 0 Å². The number of aromatic nitrogens is 1. The van der Waals surface area contributed by atoms with Gasteiger partial charge in [0.1, 0.15) is 6.04 Å². The van der Waals surface area contributed by atoms with Crippen molar-refractivity contribution in [1.29, 1.82) is 0 Å². The Labute approximate surface area is 141 Å². The Bertz CT molecular complexity index is 681. The molecule has 128 valence electrons. The monoisotopic (exact) mass is 330 g/mol. The smallest absolute Gasteiger partial charge is 0.328 e. The van der Waals surface area contributed by atoms with Gasteiger partial charge in [-0.15, -0.1) is 0 Å². The molecule has 0 bridgehead atoms. The number of carbonyl (C=O) groups is 2. The van der Waals surface area contributed by atoms with E-state index in [1.165, 1.54) is 7.11 Å². The molecule has 0 saturated carbocycles. The molecule has 1 heterocycles. The SMILES string of the molecule is CC[C@H](C)[C@H](NC(=O)c1cc(Cc2ccccc2)no1)C(=O)OC. The average molecular weight is 330 g/mol. The molecule has 1 aromatic heterocycles. The van der Waals surface area contributed by atoms with Gasteiger partial charge in [0.05, 0.1) is 12.8 Å². The molecule has 2 rings (SSSR count). The number of ether oxygens (including phenoxy) is 1. The third kappa shape index (κ3) is 4.44. The van der Waals surface area contributed by atoms with E-state index in [4.69, 9.17) is 9.26 Å². The lowest BCUT2D eigenvalue weighted by atomic mass is 9.99. The quantitative estimate of drug-likeness (QED) is 0.789. The summed E-state index contributed by atoms with van der Waals surface area (Å²) >= 11 is 0. The van der Waals surface area contributed by atoms with Crippen molar-refractivity contribution in [1.82, 2.24) is 10.5 Å². The minimum absolute atomic E-state index is 0.0480. The van der Waals surface area contributed by atoms with Gasteiger partial charge < -0.3 is 14.6 Å². The molecule has 0 spiro atoms. The highest BCUT2D eigenvalue weighted by Gasteiger charge is 2.28. The van der Waals surface area contributed by atoms with Gasteiger partial charge in [0.15, 0.2) is 0 Å². The number of nitrogens with one attached hydrogen (secondary N) is 1. The summed E-state index contributed by atoms with van der Waals surface area (Å²) in [6, 6.07) is 10.7. The average Bonchev–Trinajstić information content (AvgIpc) is 3.07. The number of rotatable bonds is 7. The lowest BCUT2D eigenvalue weighted by molar-refractivity contribution is -0.144. The second-order valence-corrected chi connectivity index (χ2v) is 5.70. The van der Waals surface area contributed by atoms with E-state index in [2.05, 4.69) is 10.5 Å². The summed E-state index contributed by atoms with van der Waals surface area (Å²) in [7, 11) is 1.30. The van der Waals surface area contributed by atoms with E-state index in [9.17, 15) is 9.59 Å². The molecule has 0 unspecified atom stereocenters. The zero-order valence-electron chi connectivity index (χ0n) is 14.1. The highest BCUT2D eigenvalue weighted by molar-refractivity contribution is 5.94. The molecule has 0 aliphatic carbocycles. The van der Waals surface area contributed by atoms with Gasteiger partial charge in [0, 0.05) is 12.5 Å². The lowest BCUT2D eigenvalue weighted by Gasteiger charge is -2.20. The van der Waals surface area contributed by atoms with Crippen molar-refractivity contribution in [2.24, 2.45) is 5.92 Å². The van der Waals surface area contributed by atoms with Crippen molar-refractivity contribution in [3.05, 3.63) is 53.4 Å². The molecule has 6 heteroatoms. The fourth-order valence-corrected chi connectivity index (χ4v) is 2.32. The molecular weight excluding hydrogens is 308 g/mol. The van der Waals surface area contributed by atoms with Crippen LogP contribution in [0.5, 0.6) is 0 Å². The molecule has 0 radical (unpaired) electrons. The fourth-order valence-electron chi connectivity index (χ4n) is 2.32. The summed E-state index contributed by atoms with van der Waals surface area (Å²) in [6.45, 7) is 3.82. The van der Waals surface area contributed by atoms with Crippen LogP contribution < -0.4 is 5.32 Å². The number of hydrogen-bond acceptors (Lipinski definition) is 5. The van der Waals surface area contributed by atoms with Crippen LogP contribution in [0.1, 0.15) is 42.1 Å². The van der Waals surface area contributed by atoms with E-state index in [1.807, 2.05) is 44.2 Å². The van der Waals surface area contributed by atoms with Gasteiger partial charge in [-0.2, -0.15) is 0 Å². The van der Waals surface area contributed by atoms with Crippen LogP contribution in [-0.2, 0) is 16.0 Å². The molecule has 2 atom stereocenters. The van der Waals surface area contributed by atoms with Gasteiger partial charge in [-0.3, -0.25) is 4.79 Å². The Morgan fingerprint density at radius 3 is 2.62 bits per heavy atom. The van der Waals surface area contributed by atoms with Crippen molar-refractivity contribution in [2.45, 2.75) is 32.7 Å². The number of hydrogen-bond donors (Lipinski definition) is 1. The fraction of sp³-hybridized carbons (Fsp3) is 0.389.